The van der Waals surface area contributed by atoms with Gasteiger partial charge in [0.15, 0.2) is 5.78 Å². The Balaban J connectivity index is 0.000000279. The Labute approximate surface area is 324 Å². The van der Waals surface area contributed by atoms with Gasteiger partial charge in [-0.15, -0.1) is 40.5 Å². The van der Waals surface area contributed by atoms with Crippen LogP contribution in [0.25, 0.3) is 42.2 Å². The van der Waals surface area contributed by atoms with Gasteiger partial charge in [-0.2, -0.15) is 0 Å². The molecule has 0 unspecified atom stereocenters. The molecule has 3 nitrogen and oxygen atoms in total. The average molecular weight is 881 g/mol. The molecule has 1 aliphatic rings. The van der Waals surface area contributed by atoms with Crippen LogP contribution >= 0.6 is 11.3 Å². The molecule has 275 valence electrons. The summed E-state index contributed by atoms with van der Waals surface area (Å²) in [5, 5.41) is 15.2. The Kier molecular flexibility index (Phi) is 13.5. The normalized spacial score (nSPS) is 14.5. The molecule has 2 aromatic heterocycles. The summed E-state index contributed by atoms with van der Waals surface area (Å²) >= 11 is 1.89. The Morgan fingerprint density at radius 2 is 1.51 bits per heavy atom. The van der Waals surface area contributed by atoms with Crippen LogP contribution in [0.4, 0.5) is 0 Å². The number of hydrogen-bond acceptors (Lipinski definition) is 4. The zero-order valence-corrected chi connectivity index (χ0v) is 35.5. The first-order chi connectivity index (χ1) is 23.8. The number of aliphatic hydroxyl groups is 1. The third-order valence-corrected chi connectivity index (χ3v) is 13.1. The molecule has 0 bridgehead atoms. The molecule has 0 aliphatic heterocycles. The van der Waals surface area contributed by atoms with Gasteiger partial charge in [0.1, 0.15) is 5.76 Å². The van der Waals surface area contributed by atoms with Crippen LogP contribution < -0.4 is 0 Å². The maximum Gasteiger partial charge on any atom is 0.164 e. The second kappa shape index (κ2) is 16.9. The standard InChI is InChI=1S/C31H30NS.C15H28O2.Ir/c1-31(2,3)27-19-23(18-22-10-6-7-11-24(22)27)29-30-26(14-15-32-29)25-13-12-21(17-28(25)33-30)16-20-8-4-5-9-20;1-7-14(5,8-2)12(16)11-13(17)15(6,9-3)10-4;/h6-7,10-15,17,19-20H,4-5,8-9,16H2,1-3H3;11,16H,7-10H2,1-6H3;/q-1;;/b;12-11-;. The van der Waals surface area contributed by atoms with E-state index in [1.807, 2.05) is 59.1 Å². The van der Waals surface area contributed by atoms with E-state index in [4.69, 9.17) is 4.98 Å². The minimum Gasteiger partial charge on any atom is -0.512 e. The minimum absolute atomic E-state index is 0. The summed E-state index contributed by atoms with van der Waals surface area (Å²) in [6.07, 6.45) is 13.6. The number of thiophene rings is 1. The molecule has 5 heteroatoms. The predicted octanol–water partition coefficient (Wildman–Crippen LogP) is 13.7. The van der Waals surface area contributed by atoms with E-state index in [1.54, 1.807) is 0 Å². The molecular weight excluding hydrogens is 823 g/mol. The molecule has 1 N–H and O–H groups in total. The van der Waals surface area contributed by atoms with Gasteiger partial charge in [-0.25, -0.2) is 0 Å². The topological polar surface area (TPSA) is 50.2 Å². The summed E-state index contributed by atoms with van der Waals surface area (Å²) < 4.78 is 2.66. The van der Waals surface area contributed by atoms with Crippen LogP contribution in [-0.4, -0.2) is 15.9 Å². The number of carbonyl (C=O) groups is 1. The van der Waals surface area contributed by atoms with Crippen molar-refractivity contribution in [2.24, 2.45) is 16.7 Å². The molecule has 0 atom stereocenters. The molecule has 6 rings (SSSR count). The number of allylic oxidation sites excluding steroid dienone is 2. The summed E-state index contributed by atoms with van der Waals surface area (Å²) in [6.45, 7) is 19.0. The van der Waals surface area contributed by atoms with Crippen molar-refractivity contribution in [3.8, 4) is 11.3 Å². The zero-order chi connectivity index (χ0) is 36.3. The van der Waals surface area contributed by atoms with E-state index in [2.05, 4.69) is 81.4 Å². The van der Waals surface area contributed by atoms with E-state index in [0.717, 1.165) is 42.9 Å². The predicted molar refractivity (Wildman–Crippen MR) is 216 cm³/mol. The number of aromatic nitrogens is 1. The molecule has 1 saturated carbocycles. The van der Waals surface area contributed by atoms with E-state index >= 15 is 0 Å². The molecule has 51 heavy (non-hydrogen) atoms. The van der Waals surface area contributed by atoms with Crippen molar-refractivity contribution in [3.63, 3.8) is 0 Å². The number of benzene rings is 3. The first-order valence-electron chi connectivity index (χ1n) is 19.0. The van der Waals surface area contributed by atoms with Crippen molar-refractivity contribution in [1.82, 2.24) is 4.98 Å². The summed E-state index contributed by atoms with van der Waals surface area (Å²) in [4.78, 5) is 17.1. The largest absolute Gasteiger partial charge is 0.512 e. The first kappa shape index (κ1) is 40.9. The molecule has 1 radical (unpaired) electrons. The van der Waals surface area contributed by atoms with Crippen LogP contribution in [0.15, 0.2) is 72.6 Å². The number of hydrogen-bond donors (Lipinski definition) is 1. The van der Waals surface area contributed by atoms with Gasteiger partial charge in [-0.3, -0.25) is 9.78 Å². The number of aliphatic hydroxyl groups excluding tert-OH is 1. The molecule has 0 spiro atoms. The van der Waals surface area contributed by atoms with Crippen LogP contribution in [0, 0.1) is 22.8 Å². The average Bonchev–Trinajstić information content (AvgIpc) is 3.77. The smallest absolute Gasteiger partial charge is 0.164 e. The Bertz CT molecular complexity index is 1980. The number of ketones is 1. The van der Waals surface area contributed by atoms with E-state index in [0.29, 0.717) is 0 Å². The van der Waals surface area contributed by atoms with Gasteiger partial charge in [0.2, 0.25) is 0 Å². The molecule has 1 aliphatic carbocycles. The number of rotatable bonds is 10. The van der Waals surface area contributed by atoms with Gasteiger partial charge in [-0.1, -0.05) is 129 Å². The third-order valence-electron chi connectivity index (χ3n) is 11.9. The van der Waals surface area contributed by atoms with E-state index < -0.39 is 0 Å². The molecule has 5 aromatic rings. The number of nitrogens with zero attached hydrogens (tertiary/aromatic N) is 1. The summed E-state index contributed by atoms with van der Waals surface area (Å²) in [6, 6.07) is 23.9. The van der Waals surface area contributed by atoms with Crippen molar-refractivity contribution < 1.29 is 30.0 Å². The van der Waals surface area contributed by atoms with Gasteiger partial charge in [0.25, 0.3) is 0 Å². The van der Waals surface area contributed by atoms with Crippen LogP contribution in [0.5, 0.6) is 0 Å². The molecule has 0 amide bonds. The SMILES string of the molecule is CC(C)(C)c1cc(-c2nccc3c2sc2cc(CC4CCCC4)ccc23)[c-]c2ccccc12.CCC(C)(CC)C(=O)/C=C(\O)C(C)(CC)CC.[Ir]. The van der Waals surface area contributed by atoms with Crippen LogP contribution in [-0.2, 0) is 36.7 Å². The summed E-state index contributed by atoms with van der Waals surface area (Å²) in [7, 11) is 0. The molecule has 1 fully saturated rings. The number of pyridine rings is 1. The molecule has 2 heterocycles. The van der Waals surface area contributed by atoms with Gasteiger partial charge < -0.3 is 5.11 Å². The van der Waals surface area contributed by atoms with Crippen molar-refractivity contribution in [3.05, 3.63) is 89.8 Å². The van der Waals surface area contributed by atoms with Crippen LogP contribution in [0.2, 0.25) is 0 Å². The van der Waals surface area contributed by atoms with Crippen molar-refractivity contribution >= 4 is 48.1 Å². The Morgan fingerprint density at radius 3 is 2.14 bits per heavy atom. The number of carbonyl (C=O) groups excluding carboxylic acids is 1. The van der Waals surface area contributed by atoms with E-state index in [9.17, 15) is 9.90 Å². The first-order valence-corrected chi connectivity index (χ1v) is 19.8. The molecular formula is C46H58IrNO2S-. The van der Waals surface area contributed by atoms with E-state index in [-0.39, 0.29) is 47.9 Å². The fourth-order valence-electron chi connectivity index (χ4n) is 7.28. The van der Waals surface area contributed by atoms with Crippen LogP contribution in [0.3, 0.4) is 0 Å². The molecule has 0 saturated heterocycles. The van der Waals surface area contributed by atoms with Gasteiger partial charge in [-0.05, 0) is 71.9 Å². The van der Waals surface area contributed by atoms with Gasteiger partial charge in [0, 0.05) is 58.3 Å². The molecule has 3 aromatic carbocycles. The van der Waals surface area contributed by atoms with Gasteiger partial charge in [0.05, 0.1) is 0 Å². The third kappa shape index (κ3) is 8.86. The van der Waals surface area contributed by atoms with Crippen LogP contribution in [0.1, 0.15) is 125 Å². The minimum atomic E-state index is -0.337. The second-order valence-corrected chi connectivity index (χ2v) is 17.2. The summed E-state index contributed by atoms with van der Waals surface area (Å²) in [5.74, 6) is 1.16. The van der Waals surface area contributed by atoms with Crippen molar-refractivity contribution in [2.75, 3.05) is 0 Å². The fourth-order valence-corrected chi connectivity index (χ4v) is 8.54. The Hall–Kier alpha value is -2.85. The van der Waals surface area contributed by atoms with Gasteiger partial charge >= 0.3 is 0 Å². The summed E-state index contributed by atoms with van der Waals surface area (Å²) in [5.41, 5.74) is 4.44. The second-order valence-electron chi connectivity index (χ2n) is 16.1. The number of fused-ring (bicyclic) bond motifs is 4. The van der Waals surface area contributed by atoms with Crippen molar-refractivity contribution in [2.45, 2.75) is 126 Å². The maximum atomic E-state index is 12.2. The van der Waals surface area contributed by atoms with E-state index in [1.165, 1.54) is 80.3 Å². The maximum absolute atomic E-state index is 12.2. The monoisotopic (exact) mass is 881 g/mol. The van der Waals surface area contributed by atoms with Crippen molar-refractivity contribution in [1.29, 1.82) is 0 Å². The Morgan fingerprint density at radius 1 is 0.863 bits per heavy atom. The zero-order valence-electron chi connectivity index (χ0n) is 32.3. The quantitative estimate of drug-likeness (QED) is 0.0864. The fraction of sp³-hybridized carbons (Fsp3) is 0.478.